The van der Waals surface area contributed by atoms with Crippen LogP contribution in [-0.4, -0.2) is 42.9 Å². The first kappa shape index (κ1) is 22.9. The lowest BCUT2D eigenvalue weighted by molar-refractivity contribution is 0.00886. The molecule has 10 nitrogen and oxygen atoms in total. The van der Waals surface area contributed by atoms with E-state index < -0.39 is 16.9 Å². The molecular formula is C23H29N5O5. The molecule has 0 spiro atoms. The van der Waals surface area contributed by atoms with E-state index in [-0.39, 0.29) is 13.3 Å². The van der Waals surface area contributed by atoms with Gasteiger partial charge in [-0.1, -0.05) is 24.3 Å². The monoisotopic (exact) mass is 455 g/mol. The van der Waals surface area contributed by atoms with E-state index in [0.29, 0.717) is 32.0 Å². The van der Waals surface area contributed by atoms with E-state index in [0.717, 1.165) is 17.0 Å². The zero-order valence-corrected chi connectivity index (χ0v) is 18.6. The highest BCUT2D eigenvalue weighted by molar-refractivity contribution is 5.32. The fourth-order valence-electron chi connectivity index (χ4n) is 3.52. The van der Waals surface area contributed by atoms with Crippen molar-refractivity contribution in [3.8, 4) is 5.75 Å². The summed E-state index contributed by atoms with van der Waals surface area (Å²) >= 11 is 0. The molecule has 0 amide bonds. The summed E-state index contributed by atoms with van der Waals surface area (Å²) in [5.74, 6) is 1.41. The van der Waals surface area contributed by atoms with E-state index in [2.05, 4.69) is 15.3 Å². The Bertz CT molecular complexity index is 1180. The van der Waals surface area contributed by atoms with Crippen LogP contribution >= 0.6 is 0 Å². The van der Waals surface area contributed by atoms with Crippen molar-refractivity contribution in [2.75, 3.05) is 13.2 Å². The molecule has 2 aromatic heterocycles. The van der Waals surface area contributed by atoms with Gasteiger partial charge in [-0.25, -0.2) is 9.48 Å². The molecule has 0 bridgehead atoms. The van der Waals surface area contributed by atoms with Crippen LogP contribution in [0.1, 0.15) is 37.4 Å². The van der Waals surface area contributed by atoms with Gasteiger partial charge in [0.05, 0.1) is 31.6 Å². The topological polar surface area (TPSA) is 124 Å². The van der Waals surface area contributed by atoms with Crippen molar-refractivity contribution in [3.63, 3.8) is 0 Å². The van der Waals surface area contributed by atoms with Crippen LogP contribution in [-0.2, 0) is 30.0 Å². The van der Waals surface area contributed by atoms with Crippen molar-refractivity contribution < 1.29 is 14.6 Å². The molecule has 0 saturated heterocycles. The molecule has 10 heteroatoms. The maximum absolute atomic E-state index is 11.7. The first-order valence-corrected chi connectivity index (χ1v) is 11.2. The summed E-state index contributed by atoms with van der Waals surface area (Å²) in [6.45, 7) is 3.22. The summed E-state index contributed by atoms with van der Waals surface area (Å²) in [5.41, 5.74) is -0.531. The number of nitrogens with zero attached hydrogens (tertiary/aromatic N) is 4. The van der Waals surface area contributed by atoms with Crippen LogP contribution in [0.2, 0.25) is 0 Å². The molecular weight excluding hydrogens is 426 g/mol. The van der Waals surface area contributed by atoms with Crippen LogP contribution in [0, 0.1) is 5.92 Å². The number of aromatic amines is 1. The Morgan fingerprint density at radius 2 is 2.12 bits per heavy atom. The quantitative estimate of drug-likeness (QED) is 0.396. The summed E-state index contributed by atoms with van der Waals surface area (Å²) < 4.78 is 14.4. The molecule has 1 fully saturated rings. The smallest absolute Gasteiger partial charge is 0.330 e. The third-order valence-corrected chi connectivity index (χ3v) is 5.88. The number of aromatic nitrogens is 5. The third kappa shape index (κ3) is 5.96. The van der Waals surface area contributed by atoms with Crippen LogP contribution in [0.3, 0.4) is 0 Å². The van der Waals surface area contributed by atoms with Crippen LogP contribution in [0.25, 0.3) is 0 Å². The molecule has 1 aliphatic carbocycles. The van der Waals surface area contributed by atoms with Crippen molar-refractivity contribution in [1.29, 1.82) is 0 Å². The minimum atomic E-state index is -1.13. The highest BCUT2D eigenvalue weighted by Crippen LogP contribution is 2.32. The maximum atomic E-state index is 11.7. The van der Waals surface area contributed by atoms with Gasteiger partial charge >= 0.3 is 5.69 Å². The van der Waals surface area contributed by atoms with Crippen molar-refractivity contribution in [2.24, 2.45) is 5.92 Å². The highest BCUT2D eigenvalue weighted by atomic mass is 16.5. The number of aliphatic hydroxyl groups is 1. The van der Waals surface area contributed by atoms with Gasteiger partial charge in [-0.15, -0.1) is 5.10 Å². The van der Waals surface area contributed by atoms with Crippen molar-refractivity contribution >= 4 is 0 Å². The van der Waals surface area contributed by atoms with E-state index in [1.807, 2.05) is 31.2 Å². The standard InChI is InChI=1S/C23H29N5O5/c1-2-23(31,18-4-3-5-20(12-18)33-14-17-6-7-17)15-28-19(13-24-26-28)9-11-32-16-27-10-8-21(29)25-22(27)30/h3-5,8,10,12-13,17,31H,2,6-7,9,11,14-16H2,1H3,(H,25,29,30)/t23-/m1/s1. The van der Waals surface area contributed by atoms with Gasteiger partial charge in [0.25, 0.3) is 5.56 Å². The summed E-state index contributed by atoms with van der Waals surface area (Å²) in [7, 11) is 0. The molecule has 3 aromatic rings. The maximum Gasteiger partial charge on any atom is 0.330 e. The van der Waals surface area contributed by atoms with Crippen LogP contribution in [0.4, 0.5) is 0 Å². The van der Waals surface area contributed by atoms with Gasteiger partial charge in [0.2, 0.25) is 0 Å². The second-order valence-corrected chi connectivity index (χ2v) is 8.42. The summed E-state index contributed by atoms with van der Waals surface area (Å²) in [4.78, 5) is 25.0. The highest BCUT2D eigenvalue weighted by Gasteiger charge is 2.30. The number of nitrogens with one attached hydrogen (secondary N) is 1. The Hall–Kier alpha value is -3.24. The predicted octanol–water partition coefficient (Wildman–Crippen LogP) is 1.43. The molecule has 0 unspecified atom stereocenters. The number of H-pyrrole nitrogens is 1. The van der Waals surface area contributed by atoms with Crippen LogP contribution in [0.5, 0.6) is 5.75 Å². The van der Waals surface area contributed by atoms with E-state index in [1.54, 1.807) is 10.9 Å². The number of ether oxygens (including phenoxy) is 2. The molecule has 1 aliphatic rings. The lowest BCUT2D eigenvalue weighted by Crippen LogP contribution is -2.32. The second kappa shape index (κ2) is 10.1. The fourth-order valence-corrected chi connectivity index (χ4v) is 3.52. The van der Waals surface area contributed by atoms with Gasteiger partial charge < -0.3 is 14.6 Å². The molecule has 4 rings (SSSR count). The Labute approximate surface area is 190 Å². The number of hydrogen-bond acceptors (Lipinski definition) is 7. The Morgan fingerprint density at radius 1 is 1.27 bits per heavy atom. The van der Waals surface area contributed by atoms with Gasteiger partial charge in [0.15, 0.2) is 0 Å². The van der Waals surface area contributed by atoms with Crippen molar-refractivity contribution in [2.45, 2.75) is 51.5 Å². The average Bonchev–Trinajstić information content (AvgIpc) is 3.55. The van der Waals surface area contributed by atoms with Gasteiger partial charge in [0, 0.05) is 18.7 Å². The van der Waals surface area contributed by atoms with Crippen LogP contribution in [0.15, 0.2) is 52.3 Å². The van der Waals surface area contributed by atoms with E-state index in [9.17, 15) is 14.7 Å². The first-order valence-electron chi connectivity index (χ1n) is 11.2. The zero-order chi connectivity index (χ0) is 23.3. The van der Waals surface area contributed by atoms with E-state index in [1.165, 1.54) is 29.7 Å². The Kier molecular flexibility index (Phi) is 7.05. The summed E-state index contributed by atoms with van der Waals surface area (Å²) in [6.07, 6.45) is 6.45. The molecule has 33 heavy (non-hydrogen) atoms. The number of rotatable bonds is 12. The largest absolute Gasteiger partial charge is 0.493 e. The third-order valence-electron chi connectivity index (χ3n) is 5.88. The normalized spacial score (nSPS) is 15.3. The number of benzene rings is 1. The summed E-state index contributed by atoms with van der Waals surface area (Å²) in [5, 5.41) is 19.6. The molecule has 1 saturated carbocycles. The van der Waals surface area contributed by atoms with E-state index in [4.69, 9.17) is 9.47 Å². The second-order valence-electron chi connectivity index (χ2n) is 8.42. The Morgan fingerprint density at radius 3 is 2.88 bits per heavy atom. The number of hydrogen-bond donors (Lipinski definition) is 2. The SMILES string of the molecule is CC[C@@](O)(Cn1nncc1CCOCn1ccc(=O)[nH]c1=O)c1cccc(OCC2CC2)c1. The Balaban J connectivity index is 1.37. The molecule has 1 aromatic carbocycles. The van der Waals surface area contributed by atoms with Gasteiger partial charge in [-0.3, -0.25) is 14.3 Å². The van der Waals surface area contributed by atoms with E-state index >= 15 is 0 Å². The molecule has 0 radical (unpaired) electrons. The van der Waals surface area contributed by atoms with Crippen molar-refractivity contribution in [3.05, 3.63) is 74.8 Å². The average molecular weight is 456 g/mol. The van der Waals surface area contributed by atoms with Crippen LogP contribution < -0.4 is 16.0 Å². The van der Waals surface area contributed by atoms with Gasteiger partial charge in [-0.2, -0.15) is 0 Å². The minimum Gasteiger partial charge on any atom is -0.493 e. The minimum absolute atomic E-state index is 0.0176. The van der Waals surface area contributed by atoms with Gasteiger partial charge in [-0.05, 0) is 42.9 Å². The predicted molar refractivity (Wildman–Crippen MR) is 120 cm³/mol. The molecule has 2 heterocycles. The lowest BCUT2D eigenvalue weighted by Gasteiger charge is -2.28. The molecule has 176 valence electrons. The molecule has 0 aliphatic heterocycles. The first-order chi connectivity index (χ1) is 16.0. The summed E-state index contributed by atoms with van der Waals surface area (Å²) in [6, 6.07) is 8.87. The lowest BCUT2D eigenvalue weighted by atomic mass is 9.91. The molecule has 2 N–H and O–H groups in total. The zero-order valence-electron chi connectivity index (χ0n) is 18.6. The molecule has 1 atom stereocenters. The van der Waals surface area contributed by atoms with Crippen molar-refractivity contribution in [1.82, 2.24) is 24.5 Å². The van der Waals surface area contributed by atoms with Gasteiger partial charge in [0.1, 0.15) is 18.1 Å². The fraction of sp³-hybridized carbons (Fsp3) is 0.478.